The van der Waals surface area contributed by atoms with Gasteiger partial charge < -0.3 is 20.1 Å². The zero-order valence-electron chi connectivity index (χ0n) is 15.3. The third-order valence-electron chi connectivity index (χ3n) is 3.88. The van der Waals surface area contributed by atoms with E-state index in [1.165, 1.54) is 6.33 Å². The van der Waals surface area contributed by atoms with Crippen LogP contribution in [0.2, 0.25) is 0 Å². The summed E-state index contributed by atoms with van der Waals surface area (Å²) in [4.78, 5) is 12.2. The molecule has 0 aliphatic heterocycles. The summed E-state index contributed by atoms with van der Waals surface area (Å²) in [5.74, 6) is 1.02. The van der Waals surface area contributed by atoms with Crippen molar-refractivity contribution in [2.45, 2.75) is 6.92 Å². The van der Waals surface area contributed by atoms with E-state index in [2.05, 4.69) is 26.2 Å². The number of aryl methyl sites for hydroxylation is 1. The molecule has 0 aliphatic rings. The molecule has 2 N–H and O–H groups in total. The van der Waals surface area contributed by atoms with Gasteiger partial charge >= 0.3 is 0 Å². The largest absolute Gasteiger partial charge is 0.497 e. The number of nitrogens with one attached hydrogen (secondary N) is 2. The summed E-state index contributed by atoms with van der Waals surface area (Å²) in [6.07, 6.45) is 1.53. The van der Waals surface area contributed by atoms with Crippen molar-refractivity contribution in [3.63, 3.8) is 0 Å². The Morgan fingerprint density at radius 1 is 1.07 bits per heavy atom. The van der Waals surface area contributed by atoms with E-state index in [1.807, 2.05) is 25.1 Å². The van der Waals surface area contributed by atoms with E-state index in [0.29, 0.717) is 17.2 Å². The van der Waals surface area contributed by atoms with Crippen LogP contribution in [-0.4, -0.2) is 46.9 Å². The lowest BCUT2D eigenvalue weighted by Gasteiger charge is -2.12. The SMILES string of the molecule is COc1cc(NC(=O)CNc2ccc(-n3cnnn3)c(C)c2)cc(OC)c1. The Balaban J connectivity index is 1.62. The average Bonchev–Trinajstić information content (AvgIpc) is 3.20. The molecular formula is C18H20N6O3. The van der Waals surface area contributed by atoms with Crippen molar-refractivity contribution in [1.29, 1.82) is 0 Å². The van der Waals surface area contributed by atoms with Crippen LogP contribution >= 0.6 is 0 Å². The minimum Gasteiger partial charge on any atom is -0.497 e. The quantitative estimate of drug-likeness (QED) is 0.658. The number of aromatic nitrogens is 4. The molecule has 0 unspecified atom stereocenters. The fourth-order valence-electron chi connectivity index (χ4n) is 2.56. The molecule has 1 heterocycles. The van der Waals surface area contributed by atoms with E-state index >= 15 is 0 Å². The van der Waals surface area contributed by atoms with E-state index < -0.39 is 0 Å². The molecule has 3 aromatic rings. The van der Waals surface area contributed by atoms with Crippen molar-refractivity contribution in [3.8, 4) is 17.2 Å². The molecule has 1 aromatic heterocycles. The van der Waals surface area contributed by atoms with Crippen molar-refractivity contribution in [2.24, 2.45) is 0 Å². The van der Waals surface area contributed by atoms with E-state index in [0.717, 1.165) is 16.9 Å². The number of rotatable bonds is 7. The Labute approximate surface area is 156 Å². The highest BCUT2D eigenvalue weighted by Gasteiger charge is 2.08. The molecule has 1 amide bonds. The number of tetrazole rings is 1. The zero-order valence-corrected chi connectivity index (χ0v) is 15.3. The number of carbonyl (C=O) groups excluding carboxylic acids is 1. The van der Waals surface area contributed by atoms with Crippen molar-refractivity contribution in [1.82, 2.24) is 20.2 Å². The molecule has 9 nitrogen and oxygen atoms in total. The van der Waals surface area contributed by atoms with Crippen LogP contribution in [0, 0.1) is 6.92 Å². The molecule has 0 saturated carbocycles. The van der Waals surface area contributed by atoms with E-state index in [-0.39, 0.29) is 12.5 Å². The Morgan fingerprint density at radius 2 is 1.81 bits per heavy atom. The minimum atomic E-state index is -0.187. The van der Waals surface area contributed by atoms with Crippen molar-refractivity contribution < 1.29 is 14.3 Å². The van der Waals surface area contributed by atoms with Crippen LogP contribution in [0.3, 0.4) is 0 Å². The van der Waals surface area contributed by atoms with Gasteiger partial charge in [-0.2, -0.15) is 0 Å². The standard InChI is InChI=1S/C18H20N6O3/c1-12-6-13(4-5-17(12)24-11-20-22-23-24)19-10-18(25)21-14-7-15(26-2)9-16(8-14)27-3/h4-9,11,19H,10H2,1-3H3,(H,21,25). The van der Waals surface area contributed by atoms with Gasteiger partial charge in [0.2, 0.25) is 5.91 Å². The second-order valence-corrected chi connectivity index (χ2v) is 5.76. The van der Waals surface area contributed by atoms with E-state index in [1.54, 1.807) is 37.1 Å². The molecule has 9 heteroatoms. The third kappa shape index (κ3) is 4.51. The van der Waals surface area contributed by atoms with Crippen molar-refractivity contribution >= 4 is 17.3 Å². The smallest absolute Gasteiger partial charge is 0.243 e. The predicted octanol–water partition coefficient (Wildman–Crippen LogP) is 2.04. The Bertz CT molecular complexity index is 905. The number of ether oxygens (including phenoxy) is 2. The van der Waals surface area contributed by atoms with Gasteiger partial charge in [0, 0.05) is 29.6 Å². The molecule has 0 fully saturated rings. The van der Waals surface area contributed by atoms with E-state index in [4.69, 9.17) is 9.47 Å². The lowest BCUT2D eigenvalue weighted by atomic mass is 10.2. The van der Waals surface area contributed by atoms with E-state index in [9.17, 15) is 4.79 Å². The predicted molar refractivity (Wildman–Crippen MR) is 101 cm³/mol. The Hall–Kier alpha value is -3.62. The van der Waals surface area contributed by atoms with Crippen LogP contribution in [0.4, 0.5) is 11.4 Å². The molecule has 0 aliphatic carbocycles. The minimum absolute atomic E-state index is 0.114. The monoisotopic (exact) mass is 368 g/mol. The maximum Gasteiger partial charge on any atom is 0.243 e. The first-order valence-electron chi connectivity index (χ1n) is 8.20. The van der Waals surface area contributed by atoms with Gasteiger partial charge in [0.1, 0.15) is 17.8 Å². The first-order chi connectivity index (χ1) is 13.1. The summed E-state index contributed by atoms with van der Waals surface area (Å²) in [5.41, 5.74) is 3.27. The first-order valence-corrected chi connectivity index (χ1v) is 8.20. The van der Waals surface area contributed by atoms with Crippen LogP contribution in [-0.2, 0) is 4.79 Å². The topological polar surface area (TPSA) is 103 Å². The lowest BCUT2D eigenvalue weighted by molar-refractivity contribution is -0.114. The molecule has 3 rings (SSSR count). The van der Waals surface area contributed by atoms with Crippen molar-refractivity contribution in [2.75, 3.05) is 31.4 Å². The average molecular weight is 368 g/mol. The van der Waals surface area contributed by atoms with Crippen LogP contribution in [0.25, 0.3) is 5.69 Å². The molecule has 0 bridgehead atoms. The lowest BCUT2D eigenvalue weighted by Crippen LogP contribution is -2.21. The molecule has 2 aromatic carbocycles. The molecule has 0 spiro atoms. The molecule has 140 valence electrons. The summed E-state index contributed by atoms with van der Waals surface area (Å²) in [5, 5.41) is 17.1. The fraction of sp³-hybridized carbons (Fsp3) is 0.222. The summed E-state index contributed by atoms with van der Waals surface area (Å²) in [6, 6.07) is 10.9. The van der Waals surface area contributed by atoms with Gasteiger partial charge in [-0.05, 0) is 41.1 Å². The normalized spacial score (nSPS) is 10.3. The van der Waals surface area contributed by atoms with Crippen molar-refractivity contribution in [3.05, 3.63) is 48.3 Å². The van der Waals surface area contributed by atoms with Gasteiger partial charge in [-0.1, -0.05) is 0 Å². The number of hydrogen-bond acceptors (Lipinski definition) is 7. The summed E-state index contributed by atoms with van der Waals surface area (Å²) < 4.78 is 12.0. The second kappa shape index (κ2) is 8.17. The maximum atomic E-state index is 12.2. The van der Waals surface area contributed by atoms with Crippen LogP contribution in [0.15, 0.2) is 42.7 Å². The molecule has 0 atom stereocenters. The number of amides is 1. The van der Waals surface area contributed by atoms with Crippen LogP contribution in [0.5, 0.6) is 11.5 Å². The number of anilines is 2. The maximum absolute atomic E-state index is 12.2. The van der Waals surface area contributed by atoms with Crippen LogP contribution < -0.4 is 20.1 Å². The zero-order chi connectivity index (χ0) is 19.2. The molecule has 27 heavy (non-hydrogen) atoms. The van der Waals surface area contributed by atoms with Crippen LogP contribution in [0.1, 0.15) is 5.56 Å². The second-order valence-electron chi connectivity index (χ2n) is 5.76. The highest BCUT2D eigenvalue weighted by molar-refractivity contribution is 5.94. The highest BCUT2D eigenvalue weighted by Crippen LogP contribution is 2.25. The number of carbonyl (C=O) groups is 1. The Kier molecular flexibility index (Phi) is 5.50. The summed E-state index contributed by atoms with van der Waals surface area (Å²) in [7, 11) is 3.12. The first kappa shape index (κ1) is 18.2. The number of methoxy groups -OCH3 is 2. The number of hydrogen-bond donors (Lipinski definition) is 2. The van der Waals surface area contributed by atoms with Gasteiger partial charge in [0.25, 0.3) is 0 Å². The van der Waals surface area contributed by atoms with Gasteiger partial charge in [-0.3, -0.25) is 4.79 Å². The van der Waals surface area contributed by atoms with Gasteiger partial charge in [-0.25, -0.2) is 4.68 Å². The highest BCUT2D eigenvalue weighted by atomic mass is 16.5. The molecule has 0 saturated heterocycles. The van der Waals surface area contributed by atoms with Gasteiger partial charge in [0.15, 0.2) is 0 Å². The Morgan fingerprint density at radius 3 is 2.41 bits per heavy atom. The fourth-order valence-corrected chi connectivity index (χ4v) is 2.56. The number of nitrogens with zero attached hydrogens (tertiary/aromatic N) is 4. The molecule has 0 radical (unpaired) electrons. The summed E-state index contributed by atoms with van der Waals surface area (Å²) >= 11 is 0. The van der Waals surface area contributed by atoms with Gasteiger partial charge in [-0.15, -0.1) is 5.10 Å². The third-order valence-corrected chi connectivity index (χ3v) is 3.88. The summed E-state index contributed by atoms with van der Waals surface area (Å²) in [6.45, 7) is 2.06. The molecular weight excluding hydrogens is 348 g/mol. The number of benzene rings is 2. The van der Waals surface area contributed by atoms with Gasteiger partial charge in [0.05, 0.1) is 26.5 Å².